The first-order valence-electron chi connectivity index (χ1n) is 6.31. The number of benzene rings is 1. The molecular formula is C14H23NSSi. The molecule has 1 nitrogen and oxygen atoms in total. The van der Waals surface area contributed by atoms with Gasteiger partial charge in [-0.3, -0.25) is 4.99 Å². The summed E-state index contributed by atoms with van der Waals surface area (Å²) in [6.07, 6.45) is 4.43. The summed E-state index contributed by atoms with van der Waals surface area (Å²) in [7, 11) is -1.13. The van der Waals surface area contributed by atoms with Crippen LogP contribution >= 0.6 is 11.2 Å². The van der Waals surface area contributed by atoms with Crippen LogP contribution in [0.4, 0.5) is 0 Å². The Kier molecular flexibility index (Phi) is 5.99. The molecule has 0 saturated carbocycles. The van der Waals surface area contributed by atoms with Gasteiger partial charge in [-0.05, 0) is 12.5 Å². The Morgan fingerprint density at radius 1 is 1.24 bits per heavy atom. The van der Waals surface area contributed by atoms with Crippen LogP contribution in [0, 0.1) is 0 Å². The monoisotopic (exact) mass is 265 g/mol. The van der Waals surface area contributed by atoms with Crippen LogP contribution in [-0.4, -0.2) is 20.0 Å². The van der Waals surface area contributed by atoms with Gasteiger partial charge in [0.15, 0.2) is 0 Å². The Morgan fingerprint density at radius 2 is 1.94 bits per heavy atom. The lowest BCUT2D eigenvalue weighted by molar-refractivity contribution is 0.810. The Labute approximate surface area is 110 Å². The van der Waals surface area contributed by atoms with Crippen molar-refractivity contribution in [1.29, 1.82) is 0 Å². The van der Waals surface area contributed by atoms with Crippen molar-refractivity contribution in [2.24, 2.45) is 4.99 Å². The molecule has 0 heterocycles. The van der Waals surface area contributed by atoms with Gasteiger partial charge in [-0.2, -0.15) is 11.2 Å². The molecule has 0 atom stereocenters. The zero-order valence-electron chi connectivity index (χ0n) is 11.4. The molecule has 0 fully saturated rings. The molecule has 0 aromatic heterocycles. The number of rotatable bonds is 6. The van der Waals surface area contributed by atoms with Gasteiger partial charge < -0.3 is 0 Å². The Morgan fingerprint density at radius 3 is 2.59 bits per heavy atom. The predicted octanol–water partition coefficient (Wildman–Crippen LogP) is 4.83. The van der Waals surface area contributed by atoms with Gasteiger partial charge in [-0.1, -0.05) is 51.2 Å². The molecule has 1 rings (SSSR count). The van der Waals surface area contributed by atoms with Crippen molar-refractivity contribution >= 4 is 24.6 Å². The maximum absolute atomic E-state index is 4.50. The zero-order chi connectivity index (χ0) is 12.7. The second kappa shape index (κ2) is 7.02. The van der Waals surface area contributed by atoms with E-state index >= 15 is 0 Å². The van der Waals surface area contributed by atoms with Crippen LogP contribution in [0.1, 0.15) is 25.3 Å². The van der Waals surface area contributed by atoms with E-state index in [0.29, 0.717) is 0 Å². The minimum absolute atomic E-state index is 0.947. The van der Waals surface area contributed by atoms with Gasteiger partial charge in [0, 0.05) is 23.2 Å². The first-order chi connectivity index (χ1) is 8.03. The third-order valence-electron chi connectivity index (χ3n) is 2.21. The van der Waals surface area contributed by atoms with Crippen molar-refractivity contribution in [3.63, 3.8) is 0 Å². The highest BCUT2D eigenvalue weighted by Gasteiger charge is 2.16. The first-order valence-corrected chi connectivity index (χ1v) is 11.3. The molecule has 0 aliphatic heterocycles. The van der Waals surface area contributed by atoms with Crippen molar-refractivity contribution in [3.8, 4) is 0 Å². The summed E-state index contributed by atoms with van der Waals surface area (Å²) in [5.41, 5.74) is 1.27. The van der Waals surface area contributed by atoms with Crippen LogP contribution in [0.25, 0.3) is 0 Å². The minimum atomic E-state index is -1.13. The summed E-state index contributed by atoms with van der Waals surface area (Å²) in [6.45, 7) is 10.3. The molecule has 1 aromatic carbocycles. The van der Waals surface area contributed by atoms with E-state index in [4.69, 9.17) is 0 Å². The van der Waals surface area contributed by atoms with Crippen LogP contribution < -0.4 is 0 Å². The fourth-order valence-electron chi connectivity index (χ4n) is 1.42. The molecule has 0 bridgehead atoms. The molecule has 0 unspecified atom stereocenters. The van der Waals surface area contributed by atoms with Gasteiger partial charge >= 0.3 is 0 Å². The smallest absolute Gasteiger partial charge is 0.114 e. The average Bonchev–Trinajstić information content (AvgIpc) is 2.24. The standard InChI is InChI=1S/C14H23NSSi/c1-5-6-11-15-12-13-9-7-8-10-14(13)16-17(2,3)4/h7-10,12H,5-6,11H2,1-4H3. The molecule has 0 saturated heterocycles. The highest BCUT2D eigenvalue weighted by molar-refractivity contribution is 8.28. The molecule has 0 N–H and O–H groups in total. The van der Waals surface area contributed by atoms with Crippen LogP contribution in [0.3, 0.4) is 0 Å². The van der Waals surface area contributed by atoms with Crippen molar-refractivity contribution in [3.05, 3.63) is 29.8 Å². The van der Waals surface area contributed by atoms with Gasteiger partial charge in [0.25, 0.3) is 0 Å². The van der Waals surface area contributed by atoms with E-state index in [9.17, 15) is 0 Å². The molecule has 0 spiro atoms. The molecule has 0 amide bonds. The van der Waals surface area contributed by atoms with Crippen LogP contribution in [0.2, 0.25) is 19.6 Å². The SMILES string of the molecule is CCCCN=Cc1ccccc1S[Si](C)(C)C. The second-order valence-corrected chi connectivity index (χ2v) is 14.3. The van der Waals surface area contributed by atoms with E-state index in [0.717, 1.165) is 6.54 Å². The minimum Gasteiger partial charge on any atom is -0.293 e. The maximum Gasteiger partial charge on any atom is 0.114 e. The van der Waals surface area contributed by atoms with Crippen molar-refractivity contribution in [2.75, 3.05) is 6.54 Å². The van der Waals surface area contributed by atoms with Crippen LogP contribution in [0.15, 0.2) is 34.2 Å². The van der Waals surface area contributed by atoms with Gasteiger partial charge in [0.1, 0.15) is 7.22 Å². The normalized spacial score (nSPS) is 12.2. The molecule has 1 aromatic rings. The van der Waals surface area contributed by atoms with Crippen molar-refractivity contribution in [2.45, 2.75) is 44.3 Å². The van der Waals surface area contributed by atoms with E-state index in [1.54, 1.807) is 0 Å². The summed E-state index contributed by atoms with van der Waals surface area (Å²) >= 11 is 2.04. The number of unbranched alkanes of at least 4 members (excludes halogenated alkanes) is 1. The largest absolute Gasteiger partial charge is 0.293 e. The van der Waals surface area contributed by atoms with E-state index in [1.807, 2.05) is 17.4 Å². The van der Waals surface area contributed by atoms with Gasteiger partial charge in [0.05, 0.1) is 0 Å². The fraction of sp³-hybridized carbons (Fsp3) is 0.500. The van der Waals surface area contributed by atoms with Crippen molar-refractivity contribution < 1.29 is 0 Å². The summed E-state index contributed by atoms with van der Waals surface area (Å²) in [5.74, 6) is 0. The van der Waals surface area contributed by atoms with Gasteiger partial charge in [0.2, 0.25) is 0 Å². The average molecular weight is 265 g/mol. The third-order valence-corrected chi connectivity index (χ3v) is 5.91. The lowest BCUT2D eigenvalue weighted by Gasteiger charge is -2.16. The number of hydrogen-bond donors (Lipinski definition) is 0. The summed E-state index contributed by atoms with van der Waals surface area (Å²) in [4.78, 5) is 5.88. The lowest BCUT2D eigenvalue weighted by atomic mass is 10.2. The van der Waals surface area contributed by atoms with E-state index in [2.05, 4.69) is 55.8 Å². The van der Waals surface area contributed by atoms with E-state index in [-0.39, 0.29) is 0 Å². The van der Waals surface area contributed by atoms with Crippen molar-refractivity contribution in [1.82, 2.24) is 0 Å². The predicted molar refractivity (Wildman–Crippen MR) is 83.0 cm³/mol. The van der Waals surface area contributed by atoms with Crippen LogP contribution in [0.5, 0.6) is 0 Å². The van der Waals surface area contributed by atoms with E-state index in [1.165, 1.54) is 23.3 Å². The Hall–Kier alpha value is -0.543. The first kappa shape index (κ1) is 14.5. The molecule has 3 heteroatoms. The highest BCUT2D eigenvalue weighted by Crippen LogP contribution is 2.30. The highest BCUT2D eigenvalue weighted by atomic mass is 32.4. The quantitative estimate of drug-likeness (QED) is 0.407. The Balaban J connectivity index is 2.74. The topological polar surface area (TPSA) is 12.4 Å². The number of hydrogen-bond acceptors (Lipinski definition) is 2. The number of aliphatic imine (C=N–C) groups is 1. The molecule has 0 aliphatic carbocycles. The summed E-state index contributed by atoms with van der Waals surface area (Å²) in [6, 6.07) is 8.59. The second-order valence-electron chi connectivity index (χ2n) is 5.14. The Bertz CT molecular complexity index is 369. The zero-order valence-corrected chi connectivity index (χ0v) is 13.2. The van der Waals surface area contributed by atoms with Crippen LogP contribution in [-0.2, 0) is 0 Å². The molecule has 17 heavy (non-hydrogen) atoms. The number of nitrogens with zero attached hydrogens (tertiary/aromatic N) is 1. The van der Waals surface area contributed by atoms with E-state index < -0.39 is 7.22 Å². The molecule has 0 aliphatic rings. The maximum atomic E-state index is 4.50. The molecule has 0 radical (unpaired) electrons. The fourth-order valence-corrected chi connectivity index (χ4v) is 5.00. The molecular weight excluding hydrogens is 242 g/mol. The third kappa shape index (κ3) is 6.08. The lowest BCUT2D eigenvalue weighted by Crippen LogP contribution is -2.13. The van der Waals surface area contributed by atoms with Gasteiger partial charge in [-0.25, -0.2) is 0 Å². The summed E-state index contributed by atoms with van der Waals surface area (Å²) < 4.78 is 0. The van der Waals surface area contributed by atoms with Gasteiger partial charge in [-0.15, -0.1) is 0 Å². The summed E-state index contributed by atoms with van der Waals surface area (Å²) in [5, 5.41) is 0. The molecule has 94 valence electrons.